The highest BCUT2D eigenvalue weighted by atomic mass is 16.3. The summed E-state index contributed by atoms with van der Waals surface area (Å²) >= 11 is 0. The van der Waals surface area contributed by atoms with E-state index in [1.807, 2.05) is 43.3 Å². The number of aliphatic hydroxyl groups is 2. The summed E-state index contributed by atoms with van der Waals surface area (Å²) in [4.78, 5) is 0. The lowest BCUT2D eigenvalue weighted by atomic mass is 9.97. The quantitative estimate of drug-likeness (QED) is 0.745. The summed E-state index contributed by atoms with van der Waals surface area (Å²) in [7, 11) is 0. The van der Waals surface area contributed by atoms with Crippen molar-refractivity contribution in [1.29, 1.82) is 0 Å². The molecule has 3 N–H and O–H groups in total. The summed E-state index contributed by atoms with van der Waals surface area (Å²) in [6.45, 7) is 2.61. The molecule has 0 amide bonds. The van der Waals surface area contributed by atoms with Gasteiger partial charge in [0.2, 0.25) is 0 Å². The van der Waals surface area contributed by atoms with Crippen molar-refractivity contribution in [3.05, 3.63) is 48.0 Å². The highest BCUT2D eigenvalue weighted by molar-refractivity contribution is 5.83. The predicted octanol–water partition coefficient (Wildman–Crippen LogP) is 2.23. The number of fused-ring (bicyclic) bond motifs is 1. The van der Waals surface area contributed by atoms with Crippen molar-refractivity contribution in [2.75, 3.05) is 13.2 Å². The van der Waals surface area contributed by atoms with E-state index in [1.165, 1.54) is 5.39 Å². The van der Waals surface area contributed by atoms with Gasteiger partial charge in [-0.15, -0.1) is 0 Å². The van der Waals surface area contributed by atoms with Crippen LogP contribution in [0, 0.1) is 0 Å². The Hall–Kier alpha value is -1.42. The highest BCUT2D eigenvalue weighted by Gasteiger charge is 2.18. The first kappa shape index (κ1) is 14.0. The van der Waals surface area contributed by atoms with Gasteiger partial charge in [-0.3, -0.25) is 0 Å². The van der Waals surface area contributed by atoms with Gasteiger partial charge in [-0.05, 0) is 28.8 Å². The summed E-state index contributed by atoms with van der Waals surface area (Å²) in [5, 5.41) is 24.8. The van der Waals surface area contributed by atoms with Crippen LogP contribution in [0.2, 0.25) is 0 Å². The van der Waals surface area contributed by atoms with Crippen LogP contribution in [0.1, 0.15) is 25.0 Å². The molecule has 0 saturated heterocycles. The molecule has 3 heteroatoms. The first-order chi connectivity index (χ1) is 9.26. The van der Waals surface area contributed by atoms with Gasteiger partial charge in [-0.1, -0.05) is 43.3 Å². The molecule has 0 saturated carbocycles. The minimum Gasteiger partial charge on any atom is -0.395 e. The van der Waals surface area contributed by atoms with E-state index in [0.29, 0.717) is 6.54 Å². The van der Waals surface area contributed by atoms with Crippen molar-refractivity contribution < 1.29 is 10.2 Å². The molecule has 0 fully saturated rings. The van der Waals surface area contributed by atoms with E-state index in [9.17, 15) is 5.11 Å². The lowest BCUT2D eigenvalue weighted by Crippen LogP contribution is -2.36. The Bertz CT molecular complexity index is 527. The zero-order valence-electron chi connectivity index (χ0n) is 11.2. The summed E-state index contributed by atoms with van der Waals surface area (Å²) in [6.07, 6.45) is 0.259. The van der Waals surface area contributed by atoms with Crippen molar-refractivity contribution in [1.82, 2.24) is 5.32 Å². The molecule has 2 atom stereocenters. The molecule has 19 heavy (non-hydrogen) atoms. The van der Waals surface area contributed by atoms with Gasteiger partial charge in [0.25, 0.3) is 0 Å². The number of hydrogen-bond donors (Lipinski definition) is 3. The average molecular weight is 259 g/mol. The van der Waals surface area contributed by atoms with Crippen molar-refractivity contribution in [3.63, 3.8) is 0 Å². The fourth-order valence-electron chi connectivity index (χ4n) is 2.35. The maximum atomic E-state index is 10.4. The maximum absolute atomic E-state index is 10.4. The van der Waals surface area contributed by atoms with Gasteiger partial charge < -0.3 is 15.5 Å². The zero-order chi connectivity index (χ0) is 13.7. The van der Waals surface area contributed by atoms with E-state index in [2.05, 4.69) is 11.4 Å². The van der Waals surface area contributed by atoms with Crippen molar-refractivity contribution in [3.8, 4) is 0 Å². The molecule has 2 aromatic carbocycles. The van der Waals surface area contributed by atoms with Gasteiger partial charge in [0.05, 0.1) is 12.7 Å². The van der Waals surface area contributed by atoms with E-state index in [4.69, 9.17) is 5.11 Å². The van der Waals surface area contributed by atoms with Gasteiger partial charge in [0.1, 0.15) is 0 Å². The number of aliphatic hydroxyl groups excluding tert-OH is 2. The van der Waals surface area contributed by atoms with Crippen LogP contribution in [0.5, 0.6) is 0 Å². The Balaban J connectivity index is 2.21. The topological polar surface area (TPSA) is 52.5 Å². The first-order valence-corrected chi connectivity index (χ1v) is 6.77. The van der Waals surface area contributed by atoms with E-state index in [0.717, 1.165) is 17.4 Å². The minimum atomic E-state index is -0.554. The van der Waals surface area contributed by atoms with E-state index < -0.39 is 6.10 Å². The fourth-order valence-corrected chi connectivity index (χ4v) is 2.35. The van der Waals surface area contributed by atoms with E-state index >= 15 is 0 Å². The van der Waals surface area contributed by atoms with Crippen LogP contribution in [0.15, 0.2) is 42.5 Å². The Morgan fingerprint density at radius 1 is 1.11 bits per heavy atom. The summed E-state index contributed by atoms with van der Waals surface area (Å²) in [5.41, 5.74) is 0.913. The normalized spacial score (nSPS) is 14.5. The molecule has 2 unspecified atom stereocenters. The molecule has 0 bridgehead atoms. The molecule has 0 radical (unpaired) electrons. The van der Waals surface area contributed by atoms with Crippen LogP contribution in [-0.2, 0) is 0 Å². The van der Waals surface area contributed by atoms with Crippen LogP contribution >= 0.6 is 0 Å². The van der Waals surface area contributed by atoms with Crippen LogP contribution in [-0.4, -0.2) is 29.4 Å². The van der Waals surface area contributed by atoms with Crippen LogP contribution in [0.25, 0.3) is 10.8 Å². The molecule has 2 aromatic rings. The number of benzene rings is 2. The Morgan fingerprint density at radius 3 is 2.53 bits per heavy atom. The van der Waals surface area contributed by atoms with E-state index in [-0.39, 0.29) is 12.6 Å². The smallest absolute Gasteiger partial charge is 0.0943 e. The number of rotatable bonds is 6. The van der Waals surface area contributed by atoms with Crippen molar-refractivity contribution in [2.45, 2.75) is 25.5 Å². The first-order valence-electron chi connectivity index (χ1n) is 6.77. The average Bonchev–Trinajstić information content (AvgIpc) is 2.47. The van der Waals surface area contributed by atoms with Gasteiger partial charge in [0.15, 0.2) is 0 Å². The van der Waals surface area contributed by atoms with Gasteiger partial charge in [-0.2, -0.15) is 0 Å². The van der Waals surface area contributed by atoms with Crippen molar-refractivity contribution >= 4 is 10.8 Å². The van der Waals surface area contributed by atoms with Crippen LogP contribution in [0.3, 0.4) is 0 Å². The third-order valence-corrected chi connectivity index (χ3v) is 3.45. The maximum Gasteiger partial charge on any atom is 0.0943 e. The molecule has 0 aliphatic carbocycles. The molecular formula is C16H21NO2. The summed E-state index contributed by atoms with van der Waals surface area (Å²) in [5.74, 6) is 0. The summed E-state index contributed by atoms with van der Waals surface area (Å²) in [6, 6.07) is 14.1. The lowest BCUT2D eigenvalue weighted by Gasteiger charge is -2.23. The standard InChI is InChI=1S/C16H21NO2/c1-2-15(17-9-10-18)16(19)14-8-7-12-5-3-4-6-13(12)11-14/h3-8,11,15-19H,2,9-10H2,1H3. The molecule has 102 valence electrons. The molecule has 0 aromatic heterocycles. The Labute approximate surface area is 113 Å². The van der Waals surface area contributed by atoms with Crippen molar-refractivity contribution in [2.24, 2.45) is 0 Å². The summed E-state index contributed by atoms with van der Waals surface area (Å²) < 4.78 is 0. The zero-order valence-corrected chi connectivity index (χ0v) is 11.2. The molecule has 0 aliphatic heterocycles. The molecule has 0 spiro atoms. The molecular weight excluding hydrogens is 238 g/mol. The second kappa shape index (κ2) is 6.66. The third-order valence-electron chi connectivity index (χ3n) is 3.45. The Kier molecular flexibility index (Phi) is 4.91. The molecule has 0 heterocycles. The SMILES string of the molecule is CCC(NCCO)C(O)c1ccc2ccccc2c1. The number of nitrogens with one attached hydrogen (secondary N) is 1. The third kappa shape index (κ3) is 3.32. The Morgan fingerprint density at radius 2 is 1.84 bits per heavy atom. The monoisotopic (exact) mass is 259 g/mol. The second-order valence-electron chi connectivity index (χ2n) is 4.74. The van der Waals surface area contributed by atoms with Gasteiger partial charge >= 0.3 is 0 Å². The fraction of sp³-hybridized carbons (Fsp3) is 0.375. The van der Waals surface area contributed by atoms with Crippen LogP contribution in [0.4, 0.5) is 0 Å². The molecule has 2 rings (SSSR count). The van der Waals surface area contributed by atoms with Gasteiger partial charge in [-0.25, -0.2) is 0 Å². The predicted molar refractivity (Wildman–Crippen MR) is 78.1 cm³/mol. The largest absolute Gasteiger partial charge is 0.395 e. The second-order valence-corrected chi connectivity index (χ2v) is 4.74. The highest BCUT2D eigenvalue weighted by Crippen LogP contribution is 2.23. The number of hydrogen-bond acceptors (Lipinski definition) is 3. The molecule has 0 aliphatic rings. The van der Waals surface area contributed by atoms with E-state index in [1.54, 1.807) is 0 Å². The molecule has 3 nitrogen and oxygen atoms in total. The lowest BCUT2D eigenvalue weighted by molar-refractivity contribution is 0.122. The van der Waals surface area contributed by atoms with Gasteiger partial charge in [0, 0.05) is 12.6 Å². The van der Waals surface area contributed by atoms with Crippen LogP contribution < -0.4 is 5.32 Å². The minimum absolute atomic E-state index is 0.0340.